The molecule has 3 aromatic rings. The topological polar surface area (TPSA) is 83.7 Å². The van der Waals surface area contributed by atoms with E-state index in [1.807, 2.05) is 23.1 Å². The Labute approximate surface area is 280 Å². The number of amides is 1. The first kappa shape index (κ1) is 32.3. The van der Waals surface area contributed by atoms with Crippen LogP contribution in [0.2, 0.25) is 0 Å². The van der Waals surface area contributed by atoms with Crippen molar-refractivity contribution < 1.29 is 14.6 Å². The number of aryl methyl sites for hydroxylation is 1. The van der Waals surface area contributed by atoms with Gasteiger partial charge in [0.15, 0.2) is 0 Å². The number of nitrogens with zero attached hydrogens (tertiary/aromatic N) is 5. The Bertz CT molecular complexity index is 1570. The number of aliphatic hydroxyl groups excluding tert-OH is 1. The Morgan fingerprint density at radius 3 is 2.30 bits per heavy atom. The Hall–Kier alpha value is -3.23. The lowest BCUT2D eigenvalue weighted by atomic mass is 9.51. The standard InChI is InChI=1S/C39H53N5O3/c1-27-20-31(8-11-34(27)47-5)39-16-13-38(14-17-39,15-18-39)26-43(36(46)28-6-9-32(10-7-28)42-24-33(45)25-42)35-21-29(12-19-40-35)30-22-41-44(23-30)37(2,3)4/h8,11-12,19-23,28,32-33,45H,6-7,9-10,13-18,24-26H2,1-5H3. The van der Waals surface area contributed by atoms with Gasteiger partial charge < -0.3 is 9.84 Å². The highest BCUT2D eigenvalue weighted by molar-refractivity contribution is 5.95. The number of carbonyl (C=O) groups is 1. The Kier molecular flexibility index (Phi) is 8.49. The number of aromatic nitrogens is 3. The molecule has 8 nitrogen and oxygen atoms in total. The van der Waals surface area contributed by atoms with Gasteiger partial charge in [-0.1, -0.05) is 12.1 Å². The molecular formula is C39H53N5O3. The summed E-state index contributed by atoms with van der Waals surface area (Å²) in [5.41, 5.74) is 4.97. The minimum Gasteiger partial charge on any atom is -0.496 e. The van der Waals surface area contributed by atoms with Crippen LogP contribution in [0, 0.1) is 18.3 Å². The maximum Gasteiger partial charge on any atom is 0.231 e. The van der Waals surface area contributed by atoms with Crippen LogP contribution in [0.4, 0.5) is 5.82 Å². The lowest BCUT2D eigenvalue weighted by Gasteiger charge is -2.55. The quantitative estimate of drug-likeness (QED) is 0.290. The summed E-state index contributed by atoms with van der Waals surface area (Å²) >= 11 is 0. The number of pyridine rings is 1. The number of β-amino-alcohol motifs (C(OH)–C–C–N with tert-alkyl or cyclic N) is 1. The van der Waals surface area contributed by atoms with E-state index >= 15 is 0 Å². The average molecular weight is 640 g/mol. The predicted molar refractivity (Wildman–Crippen MR) is 186 cm³/mol. The van der Waals surface area contributed by atoms with Crippen LogP contribution in [-0.4, -0.2) is 69.6 Å². The zero-order chi connectivity index (χ0) is 33.0. The summed E-state index contributed by atoms with van der Waals surface area (Å²) in [6, 6.07) is 11.4. The molecule has 1 aromatic carbocycles. The Morgan fingerprint density at radius 1 is 1.00 bits per heavy atom. The molecule has 1 N–H and O–H groups in total. The molecule has 1 amide bonds. The van der Waals surface area contributed by atoms with Gasteiger partial charge in [0.1, 0.15) is 11.6 Å². The van der Waals surface area contributed by atoms with Crippen LogP contribution in [0.5, 0.6) is 5.75 Å². The molecule has 8 rings (SSSR count). The largest absolute Gasteiger partial charge is 0.496 e. The van der Waals surface area contributed by atoms with Crippen molar-refractivity contribution in [1.29, 1.82) is 0 Å². The van der Waals surface area contributed by atoms with Crippen molar-refractivity contribution in [3.8, 4) is 16.9 Å². The van der Waals surface area contributed by atoms with E-state index in [9.17, 15) is 9.90 Å². The van der Waals surface area contributed by atoms with Gasteiger partial charge in [-0.25, -0.2) is 4.98 Å². The van der Waals surface area contributed by atoms with Gasteiger partial charge in [0.25, 0.3) is 0 Å². The van der Waals surface area contributed by atoms with Crippen LogP contribution in [-0.2, 0) is 15.7 Å². The van der Waals surface area contributed by atoms with Gasteiger partial charge in [0, 0.05) is 49.6 Å². The van der Waals surface area contributed by atoms with E-state index in [4.69, 9.17) is 9.72 Å². The van der Waals surface area contributed by atoms with E-state index < -0.39 is 0 Å². The highest BCUT2D eigenvalue weighted by Gasteiger charge is 2.51. The molecule has 2 aromatic heterocycles. The highest BCUT2D eigenvalue weighted by atomic mass is 16.5. The average Bonchev–Trinajstić information content (AvgIpc) is 3.58. The summed E-state index contributed by atoms with van der Waals surface area (Å²) < 4.78 is 7.56. The van der Waals surface area contributed by atoms with Gasteiger partial charge in [-0.2, -0.15) is 5.10 Å². The summed E-state index contributed by atoms with van der Waals surface area (Å²) in [5, 5.41) is 14.5. The maximum atomic E-state index is 14.6. The molecule has 5 aliphatic rings. The second-order valence-electron chi connectivity index (χ2n) is 16.2. The summed E-state index contributed by atoms with van der Waals surface area (Å²) in [6.07, 6.45) is 16.4. The zero-order valence-electron chi connectivity index (χ0n) is 29.0. The number of anilines is 1. The highest BCUT2D eigenvalue weighted by Crippen LogP contribution is 2.58. The van der Waals surface area contributed by atoms with Crippen LogP contribution in [0.15, 0.2) is 48.9 Å². The van der Waals surface area contributed by atoms with Gasteiger partial charge in [-0.3, -0.25) is 19.3 Å². The number of methoxy groups -OCH3 is 1. The lowest BCUT2D eigenvalue weighted by molar-refractivity contribution is -0.125. The van der Waals surface area contributed by atoms with Crippen molar-refractivity contribution in [2.24, 2.45) is 11.3 Å². The number of benzene rings is 1. The minimum atomic E-state index is -0.184. The van der Waals surface area contributed by atoms with Gasteiger partial charge in [0.2, 0.25) is 5.91 Å². The van der Waals surface area contributed by atoms with Crippen LogP contribution in [0.25, 0.3) is 11.1 Å². The number of fused-ring (bicyclic) bond motifs is 3. The molecule has 4 aliphatic carbocycles. The molecule has 0 unspecified atom stereocenters. The number of likely N-dealkylation sites (tertiary alicyclic amines) is 1. The zero-order valence-corrected chi connectivity index (χ0v) is 29.0. The fourth-order valence-electron chi connectivity index (χ4n) is 9.03. The minimum absolute atomic E-state index is 0.0106. The van der Waals surface area contributed by atoms with Crippen LogP contribution in [0.3, 0.4) is 0 Å². The normalized spacial score (nSPS) is 28.2. The molecule has 8 heteroatoms. The fraction of sp³-hybridized carbons (Fsp3) is 0.615. The summed E-state index contributed by atoms with van der Waals surface area (Å²) in [7, 11) is 1.75. The van der Waals surface area contributed by atoms with Crippen molar-refractivity contribution in [2.75, 3.05) is 31.6 Å². The first-order valence-electron chi connectivity index (χ1n) is 17.9. The SMILES string of the molecule is COc1ccc(C23CCC(CN(C(=O)C4CCC(N5CC(O)C5)CC4)c4cc(-c5cnn(C(C)(C)C)c5)ccn4)(CC2)CC3)cc1C. The molecule has 0 spiro atoms. The van der Waals surface area contributed by atoms with Crippen LogP contribution < -0.4 is 9.64 Å². The van der Waals surface area contributed by atoms with Gasteiger partial charge >= 0.3 is 0 Å². The number of hydrogen-bond donors (Lipinski definition) is 1. The van der Waals surface area contributed by atoms with Gasteiger partial charge in [-0.15, -0.1) is 0 Å². The first-order valence-corrected chi connectivity index (χ1v) is 17.9. The smallest absolute Gasteiger partial charge is 0.231 e. The molecule has 0 radical (unpaired) electrons. The summed E-state index contributed by atoms with van der Waals surface area (Å²) in [4.78, 5) is 24.0. The monoisotopic (exact) mass is 639 g/mol. The van der Waals surface area contributed by atoms with Crippen molar-refractivity contribution in [1.82, 2.24) is 19.7 Å². The van der Waals surface area contributed by atoms with E-state index in [-0.39, 0.29) is 34.3 Å². The summed E-state index contributed by atoms with van der Waals surface area (Å²) in [5.74, 6) is 1.98. The summed E-state index contributed by atoms with van der Waals surface area (Å²) in [6.45, 7) is 10.9. The Morgan fingerprint density at radius 2 is 1.70 bits per heavy atom. The molecule has 4 saturated carbocycles. The molecule has 3 heterocycles. The molecular weight excluding hydrogens is 586 g/mol. The van der Waals surface area contributed by atoms with E-state index in [1.165, 1.54) is 11.1 Å². The van der Waals surface area contributed by atoms with Crippen LogP contribution in [0.1, 0.15) is 96.1 Å². The second kappa shape index (κ2) is 12.3. The molecule has 5 fully saturated rings. The fourth-order valence-corrected chi connectivity index (χ4v) is 9.03. The second-order valence-corrected chi connectivity index (χ2v) is 16.2. The van der Waals surface area contributed by atoms with Crippen molar-refractivity contribution in [3.63, 3.8) is 0 Å². The third-order valence-electron chi connectivity index (χ3n) is 12.2. The van der Waals surface area contributed by atoms with E-state index in [0.29, 0.717) is 6.04 Å². The van der Waals surface area contributed by atoms with Crippen LogP contribution >= 0.6 is 0 Å². The number of carbonyl (C=O) groups excluding carboxylic acids is 1. The van der Waals surface area contributed by atoms with Crippen molar-refractivity contribution in [3.05, 3.63) is 60.0 Å². The number of hydrogen-bond acceptors (Lipinski definition) is 6. The molecule has 0 atom stereocenters. The molecule has 47 heavy (non-hydrogen) atoms. The number of ether oxygens (including phenoxy) is 1. The van der Waals surface area contributed by atoms with E-state index in [2.05, 4.69) is 73.1 Å². The lowest BCUT2D eigenvalue weighted by Crippen LogP contribution is -2.56. The first-order chi connectivity index (χ1) is 22.5. The number of rotatable bonds is 8. The third kappa shape index (κ3) is 6.24. The number of aliphatic hydroxyl groups is 1. The van der Waals surface area contributed by atoms with E-state index in [0.717, 1.165) is 107 Å². The molecule has 1 saturated heterocycles. The third-order valence-corrected chi connectivity index (χ3v) is 12.2. The molecule has 2 bridgehead atoms. The van der Waals surface area contributed by atoms with Crippen molar-refractivity contribution >= 4 is 11.7 Å². The molecule has 1 aliphatic heterocycles. The van der Waals surface area contributed by atoms with Gasteiger partial charge in [0.05, 0.1) is 24.9 Å². The van der Waals surface area contributed by atoms with Gasteiger partial charge in [-0.05, 0) is 138 Å². The molecule has 252 valence electrons. The van der Waals surface area contributed by atoms with E-state index in [1.54, 1.807) is 7.11 Å². The predicted octanol–water partition coefficient (Wildman–Crippen LogP) is 6.88. The van der Waals surface area contributed by atoms with Crippen molar-refractivity contribution in [2.45, 2.75) is 115 Å². The maximum absolute atomic E-state index is 14.6. The Balaban J connectivity index is 1.13.